The molecule has 1 fully saturated rings. The maximum atomic E-state index is 6.25. The van der Waals surface area contributed by atoms with Gasteiger partial charge in [-0.1, -0.05) is 45.2 Å². The van der Waals surface area contributed by atoms with E-state index in [4.69, 9.17) is 14.7 Å². The fourth-order valence-electron chi connectivity index (χ4n) is 3.56. The highest BCUT2D eigenvalue weighted by Gasteiger charge is 2.20. The van der Waals surface area contributed by atoms with Gasteiger partial charge in [0.25, 0.3) is 0 Å². The van der Waals surface area contributed by atoms with Crippen molar-refractivity contribution in [3.05, 3.63) is 30.1 Å². The largest absolute Gasteiger partial charge is 0.474 e. The zero-order valence-electron chi connectivity index (χ0n) is 14.4. The number of benzene rings is 1. The van der Waals surface area contributed by atoms with E-state index >= 15 is 0 Å². The van der Waals surface area contributed by atoms with Gasteiger partial charge in [0.15, 0.2) is 0 Å². The molecule has 0 aliphatic heterocycles. The van der Waals surface area contributed by atoms with E-state index in [0.29, 0.717) is 12.0 Å². The Kier molecular flexibility index (Phi) is 5.47. The highest BCUT2D eigenvalue weighted by atomic mass is 16.5. The molecule has 3 nitrogen and oxygen atoms in total. The number of nitrogens with zero attached hydrogens (tertiary/aromatic N) is 2. The van der Waals surface area contributed by atoms with Crippen LogP contribution in [0, 0.1) is 5.92 Å². The van der Waals surface area contributed by atoms with Crippen LogP contribution in [0.25, 0.3) is 10.9 Å². The molecule has 1 aromatic carbocycles. The van der Waals surface area contributed by atoms with Gasteiger partial charge in [-0.3, -0.25) is 0 Å². The number of para-hydroxylation sites is 1. The molecule has 0 N–H and O–H groups in total. The third-order valence-corrected chi connectivity index (χ3v) is 4.94. The number of hydrogen-bond acceptors (Lipinski definition) is 3. The van der Waals surface area contributed by atoms with E-state index < -0.39 is 0 Å². The molecule has 0 radical (unpaired) electrons. The first kappa shape index (κ1) is 16.2. The molecule has 0 bridgehead atoms. The third kappa shape index (κ3) is 4.01. The fourth-order valence-corrected chi connectivity index (χ4v) is 3.56. The van der Waals surface area contributed by atoms with Crippen LogP contribution in [-0.4, -0.2) is 16.1 Å². The summed E-state index contributed by atoms with van der Waals surface area (Å²) < 4.78 is 6.25. The summed E-state index contributed by atoms with van der Waals surface area (Å²) in [6.45, 7) is 4.51. The molecule has 0 spiro atoms. The highest BCUT2D eigenvalue weighted by molar-refractivity contribution is 5.83. The van der Waals surface area contributed by atoms with Gasteiger partial charge < -0.3 is 4.74 Å². The molecule has 3 rings (SSSR count). The Morgan fingerprint density at radius 2 is 1.91 bits per heavy atom. The summed E-state index contributed by atoms with van der Waals surface area (Å²) in [6.07, 6.45) is 9.78. The summed E-state index contributed by atoms with van der Waals surface area (Å²) in [5.41, 5.74) is 1.01. The Balaban J connectivity index is 1.89. The molecule has 1 aliphatic carbocycles. The molecule has 0 saturated heterocycles. The van der Waals surface area contributed by atoms with E-state index in [1.807, 2.05) is 12.1 Å². The number of aromatic nitrogens is 2. The predicted octanol–water partition coefficient (Wildman–Crippen LogP) is 5.32. The van der Waals surface area contributed by atoms with Crippen molar-refractivity contribution in [3.63, 3.8) is 0 Å². The smallest absolute Gasteiger partial charge is 0.224 e. The average molecular weight is 312 g/mol. The van der Waals surface area contributed by atoms with Crippen molar-refractivity contribution in [2.75, 3.05) is 0 Å². The van der Waals surface area contributed by atoms with Crippen molar-refractivity contribution in [1.29, 1.82) is 0 Å². The van der Waals surface area contributed by atoms with E-state index in [2.05, 4.69) is 26.0 Å². The molecule has 124 valence electrons. The molecule has 23 heavy (non-hydrogen) atoms. The lowest BCUT2D eigenvalue weighted by Crippen LogP contribution is -2.14. The van der Waals surface area contributed by atoms with E-state index in [1.54, 1.807) is 0 Å². The van der Waals surface area contributed by atoms with Crippen LogP contribution < -0.4 is 4.74 Å². The van der Waals surface area contributed by atoms with Crippen LogP contribution >= 0.6 is 0 Å². The second kappa shape index (κ2) is 7.76. The summed E-state index contributed by atoms with van der Waals surface area (Å²) in [5, 5.41) is 1.05. The van der Waals surface area contributed by atoms with Gasteiger partial charge >= 0.3 is 0 Å². The van der Waals surface area contributed by atoms with Crippen molar-refractivity contribution in [2.24, 2.45) is 5.92 Å². The first-order chi connectivity index (χ1) is 11.3. The minimum absolute atomic E-state index is 0.332. The van der Waals surface area contributed by atoms with Crippen molar-refractivity contribution in [1.82, 2.24) is 9.97 Å². The van der Waals surface area contributed by atoms with Crippen LogP contribution in [0.1, 0.15) is 64.6 Å². The van der Waals surface area contributed by atoms with Gasteiger partial charge in [-0.25, -0.2) is 4.98 Å². The Hall–Kier alpha value is -1.64. The fraction of sp³-hybridized carbons (Fsp3) is 0.600. The summed E-state index contributed by atoms with van der Waals surface area (Å²) >= 11 is 0. The van der Waals surface area contributed by atoms with E-state index in [0.717, 1.165) is 41.9 Å². The summed E-state index contributed by atoms with van der Waals surface area (Å²) in [7, 11) is 0. The number of ether oxygens (including phenoxy) is 1. The molecule has 1 unspecified atom stereocenters. The van der Waals surface area contributed by atoms with Gasteiger partial charge in [-0.2, -0.15) is 4.98 Å². The minimum Gasteiger partial charge on any atom is -0.474 e. The lowest BCUT2D eigenvalue weighted by molar-refractivity contribution is 0.203. The van der Waals surface area contributed by atoms with Crippen LogP contribution in [0.15, 0.2) is 24.3 Å². The van der Waals surface area contributed by atoms with Crippen molar-refractivity contribution >= 4 is 10.9 Å². The van der Waals surface area contributed by atoms with Crippen molar-refractivity contribution in [2.45, 2.75) is 71.3 Å². The van der Waals surface area contributed by atoms with E-state index in [9.17, 15) is 0 Å². The van der Waals surface area contributed by atoms with Gasteiger partial charge in [0.1, 0.15) is 11.9 Å². The molecule has 1 atom stereocenters. The lowest BCUT2D eigenvalue weighted by Gasteiger charge is -2.17. The van der Waals surface area contributed by atoms with Gasteiger partial charge in [0.2, 0.25) is 5.88 Å². The molecule has 2 aromatic rings. The van der Waals surface area contributed by atoms with Gasteiger partial charge in [0.05, 0.1) is 10.9 Å². The summed E-state index contributed by atoms with van der Waals surface area (Å²) in [5.74, 6) is 2.40. The summed E-state index contributed by atoms with van der Waals surface area (Å²) in [4.78, 5) is 9.59. The molecule has 3 heteroatoms. The van der Waals surface area contributed by atoms with Crippen LogP contribution in [0.2, 0.25) is 0 Å². The van der Waals surface area contributed by atoms with Crippen LogP contribution in [0.5, 0.6) is 5.88 Å². The lowest BCUT2D eigenvalue weighted by atomic mass is 9.96. The normalized spacial score (nSPS) is 16.8. The molecule has 1 saturated carbocycles. The predicted molar refractivity (Wildman–Crippen MR) is 94.8 cm³/mol. The number of rotatable bonds is 7. The monoisotopic (exact) mass is 312 g/mol. The minimum atomic E-state index is 0.332. The SMILES string of the molecule is CCCC(CC)Cc1nc(OC2CCCC2)c2ccccc2n1. The third-order valence-electron chi connectivity index (χ3n) is 4.94. The number of fused-ring (bicyclic) bond motifs is 1. The first-order valence-corrected chi connectivity index (χ1v) is 9.22. The van der Waals surface area contributed by atoms with Crippen LogP contribution in [-0.2, 0) is 6.42 Å². The summed E-state index contributed by atoms with van der Waals surface area (Å²) in [6, 6.07) is 8.23. The molecular weight excluding hydrogens is 284 g/mol. The maximum absolute atomic E-state index is 6.25. The topological polar surface area (TPSA) is 35.0 Å². The van der Waals surface area contributed by atoms with E-state index in [-0.39, 0.29) is 0 Å². The van der Waals surface area contributed by atoms with Gasteiger partial charge in [-0.05, 0) is 43.7 Å². The second-order valence-corrected chi connectivity index (χ2v) is 6.75. The molecule has 1 aliphatic rings. The Labute approximate surface area is 139 Å². The zero-order valence-corrected chi connectivity index (χ0v) is 14.4. The van der Waals surface area contributed by atoms with E-state index in [1.165, 1.54) is 32.1 Å². The Morgan fingerprint density at radius 1 is 1.13 bits per heavy atom. The molecular formula is C20H28N2O. The van der Waals surface area contributed by atoms with Crippen LogP contribution in [0.3, 0.4) is 0 Å². The Bertz CT molecular complexity index is 635. The standard InChI is InChI=1S/C20H28N2O/c1-3-9-15(4-2)14-19-21-18-13-8-7-12-17(18)20(22-19)23-16-10-5-6-11-16/h7-8,12-13,15-16H,3-6,9-11,14H2,1-2H3. The number of hydrogen-bond donors (Lipinski definition) is 0. The zero-order chi connectivity index (χ0) is 16.1. The molecule has 1 heterocycles. The average Bonchev–Trinajstić information content (AvgIpc) is 3.07. The Morgan fingerprint density at radius 3 is 2.65 bits per heavy atom. The van der Waals surface area contributed by atoms with Crippen molar-refractivity contribution < 1.29 is 4.74 Å². The van der Waals surface area contributed by atoms with Crippen LogP contribution in [0.4, 0.5) is 0 Å². The first-order valence-electron chi connectivity index (χ1n) is 9.22. The molecule has 0 amide bonds. The second-order valence-electron chi connectivity index (χ2n) is 6.75. The molecule has 1 aromatic heterocycles. The maximum Gasteiger partial charge on any atom is 0.224 e. The van der Waals surface area contributed by atoms with Gasteiger partial charge in [-0.15, -0.1) is 0 Å². The highest BCUT2D eigenvalue weighted by Crippen LogP contribution is 2.29. The quantitative estimate of drug-likeness (QED) is 0.694. The van der Waals surface area contributed by atoms with Crippen molar-refractivity contribution in [3.8, 4) is 5.88 Å². The van der Waals surface area contributed by atoms with Gasteiger partial charge in [0, 0.05) is 6.42 Å².